The first-order valence-electron chi connectivity index (χ1n) is 13.0. The first kappa shape index (κ1) is 28.6. The van der Waals surface area contributed by atoms with E-state index in [2.05, 4.69) is 79.0 Å². The summed E-state index contributed by atoms with van der Waals surface area (Å²) < 4.78 is 0. The molecule has 0 aromatic heterocycles. The lowest BCUT2D eigenvalue weighted by Crippen LogP contribution is -2.20. The van der Waals surface area contributed by atoms with Gasteiger partial charge in [-0.1, -0.05) is 83.0 Å². The molecule has 0 spiro atoms. The number of unbranched alkanes of at least 4 members (excludes halogenated alkanes) is 9. The van der Waals surface area contributed by atoms with Gasteiger partial charge in [-0.25, -0.2) is 0 Å². The van der Waals surface area contributed by atoms with Gasteiger partial charge in [0.05, 0.1) is 0 Å². The van der Waals surface area contributed by atoms with Crippen molar-refractivity contribution in [2.75, 3.05) is 18.9 Å². The number of nitrogens with one attached hydrogen (secondary N) is 3. The van der Waals surface area contributed by atoms with Crippen molar-refractivity contribution in [3.8, 4) is 0 Å². The van der Waals surface area contributed by atoms with Crippen LogP contribution < -0.4 is 16.0 Å². The fourth-order valence-electron chi connectivity index (χ4n) is 3.69. The predicted molar refractivity (Wildman–Crippen MR) is 148 cm³/mol. The Balaban J connectivity index is 1.86. The Morgan fingerprint density at radius 3 is 1.94 bits per heavy atom. The minimum atomic E-state index is 0.863. The Morgan fingerprint density at radius 2 is 1.33 bits per heavy atom. The Kier molecular flexibility index (Phi) is 16.5. The number of aryl methyl sites for hydroxylation is 1. The zero-order valence-electron chi connectivity index (χ0n) is 21.5. The highest BCUT2D eigenvalue weighted by Gasteiger charge is 1.98. The lowest BCUT2D eigenvalue weighted by molar-refractivity contribution is 0.581. The first-order chi connectivity index (χ1) is 16.1. The molecule has 1 aromatic rings. The van der Waals surface area contributed by atoms with Crippen molar-refractivity contribution < 1.29 is 0 Å². The molecule has 3 N–H and O–H groups in total. The normalized spacial score (nSPS) is 10.8. The highest BCUT2D eigenvalue weighted by Crippen LogP contribution is 2.16. The third-order valence-electron chi connectivity index (χ3n) is 6.00. The van der Waals surface area contributed by atoms with E-state index in [1.165, 1.54) is 69.8 Å². The topological polar surface area (TPSA) is 36.1 Å². The van der Waals surface area contributed by atoms with Crippen molar-refractivity contribution in [1.29, 1.82) is 0 Å². The molecule has 0 aliphatic rings. The summed E-state index contributed by atoms with van der Waals surface area (Å²) in [6, 6.07) is 8.68. The van der Waals surface area contributed by atoms with Crippen molar-refractivity contribution in [3.05, 3.63) is 78.8 Å². The van der Waals surface area contributed by atoms with Crippen LogP contribution in [0.1, 0.15) is 89.5 Å². The van der Waals surface area contributed by atoms with Gasteiger partial charge < -0.3 is 16.0 Å². The number of rotatable bonds is 21. The van der Waals surface area contributed by atoms with Crippen molar-refractivity contribution in [3.63, 3.8) is 0 Å². The maximum Gasteiger partial charge on any atom is 0.0496 e. The average molecular weight is 452 g/mol. The summed E-state index contributed by atoms with van der Waals surface area (Å²) in [4.78, 5) is 0. The highest BCUT2D eigenvalue weighted by molar-refractivity contribution is 5.48. The standard InChI is InChI=1S/C30H49N3/c1-6-29-21-23-30(24-22-29)33-26(2)20-18-16-14-12-10-8-7-9-11-13-15-17-19-25-32-28(4)27(3)31-5/h11,13,21-24,31-33H,2-4,6-10,12,14-20,25H2,1,5H3/b13-11-. The second-order valence-electron chi connectivity index (χ2n) is 8.89. The Hall–Kier alpha value is -2.42. The van der Waals surface area contributed by atoms with Gasteiger partial charge in [-0.15, -0.1) is 0 Å². The number of benzene rings is 1. The summed E-state index contributed by atoms with van der Waals surface area (Å²) in [7, 11) is 1.87. The molecule has 0 aliphatic heterocycles. The van der Waals surface area contributed by atoms with Crippen LogP contribution in [0.25, 0.3) is 0 Å². The molecule has 0 amide bonds. The molecule has 3 nitrogen and oxygen atoms in total. The average Bonchev–Trinajstić information content (AvgIpc) is 2.83. The Morgan fingerprint density at radius 1 is 0.758 bits per heavy atom. The molecule has 0 unspecified atom stereocenters. The number of likely N-dealkylation sites (N-methyl/N-ethyl adjacent to an activating group) is 1. The van der Waals surface area contributed by atoms with E-state index in [9.17, 15) is 0 Å². The van der Waals surface area contributed by atoms with E-state index >= 15 is 0 Å². The van der Waals surface area contributed by atoms with Crippen molar-refractivity contribution in [2.45, 2.75) is 90.4 Å². The van der Waals surface area contributed by atoms with Crippen LogP contribution in [-0.2, 0) is 6.42 Å². The van der Waals surface area contributed by atoms with E-state index < -0.39 is 0 Å². The summed E-state index contributed by atoms with van der Waals surface area (Å²) in [5.74, 6) is 0. The van der Waals surface area contributed by atoms with Gasteiger partial charge in [-0.05, 0) is 69.1 Å². The molecule has 0 radical (unpaired) electrons. The minimum absolute atomic E-state index is 0.863. The third-order valence-corrected chi connectivity index (χ3v) is 6.00. The van der Waals surface area contributed by atoms with Crippen LogP contribution in [-0.4, -0.2) is 13.6 Å². The predicted octanol–water partition coefficient (Wildman–Crippen LogP) is 8.25. The fourth-order valence-corrected chi connectivity index (χ4v) is 3.69. The molecule has 3 heteroatoms. The summed E-state index contributed by atoms with van der Waals surface area (Å²) >= 11 is 0. The van der Waals surface area contributed by atoms with Crippen molar-refractivity contribution in [1.82, 2.24) is 10.6 Å². The van der Waals surface area contributed by atoms with Gasteiger partial charge in [0, 0.05) is 36.4 Å². The smallest absolute Gasteiger partial charge is 0.0496 e. The summed E-state index contributed by atoms with van der Waals surface area (Å²) in [5, 5.41) is 9.76. The number of hydrogen-bond acceptors (Lipinski definition) is 3. The van der Waals surface area contributed by atoms with E-state index in [1.54, 1.807) is 0 Å². The van der Waals surface area contributed by atoms with Crippen LogP contribution in [0.2, 0.25) is 0 Å². The van der Waals surface area contributed by atoms with Crippen LogP contribution in [0.15, 0.2) is 73.2 Å². The number of allylic oxidation sites excluding steroid dienone is 3. The van der Waals surface area contributed by atoms with Gasteiger partial charge in [0.2, 0.25) is 0 Å². The van der Waals surface area contributed by atoms with Gasteiger partial charge in [0.25, 0.3) is 0 Å². The monoisotopic (exact) mass is 451 g/mol. The molecule has 0 saturated heterocycles. The van der Waals surface area contributed by atoms with E-state index in [-0.39, 0.29) is 0 Å². The third kappa shape index (κ3) is 15.1. The van der Waals surface area contributed by atoms with Crippen LogP contribution in [0.4, 0.5) is 5.69 Å². The van der Waals surface area contributed by atoms with Crippen molar-refractivity contribution >= 4 is 5.69 Å². The molecule has 1 rings (SSSR count). The van der Waals surface area contributed by atoms with E-state index in [4.69, 9.17) is 0 Å². The molecule has 0 bridgehead atoms. The molecule has 0 heterocycles. The van der Waals surface area contributed by atoms with Crippen molar-refractivity contribution in [2.24, 2.45) is 0 Å². The molecule has 33 heavy (non-hydrogen) atoms. The number of anilines is 1. The van der Waals surface area contributed by atoms with Gasteiger partial charge in [0.1, 0.15) is 0 Å². The van der Waals surface area contributed by atoms with Crippen LogP contribution in [0.3, 0.4) is 0 Å². The van der Waals surface area contributed by atoms with E-state index in [0.717, 1.165) is 48.6 Å². The zero-order valence-corrected chi connectivity index (χ0v) is 21.5. The Labute approximate surface area is 204 Å². The van der Waals surface area contributed by atoms with Gasteiger partial charge in [-0.2, -0.15) is 0 Å². The molecular formula is C30H49N3. The lowest BCUT2D eigenvalue weighted by atomic mass is 10.1. The Bertz CT molecular complexity index is 700. The SMILES string of the molecule is C=C(CCCCCCCCC/C=C\CCCCNC(=C)C(=C)NC)Nc1ccc(CC)cc1. The molecular weight excluding hydrogens is 402 g/mol. The second-order valence-corrected chi connectivity index (χ2v) is 8.89. The largest absolute Gasteiger partial charge is 0.387 e. The van der Waals surface area contributed by atoms with Crippen LogP contribution >= 0.6 is 0 Å². The molecule has 0 aliphatic carbocycles. The quantitative estimate of drug-likeness (QED) is 0.1000. The minimum Gasteiger partial charge on any atom is -0.387 e. The fraction of sp³-hybridized carbons (Fsp3) is 0.533. The van der Waals surface area contributed by atoms with Crippen LogP contribution in [0, 0.1) is 0 Å². The molecule has 0 atom stereocenters. The summed E-state index contributed by atoms with van der Waals surface area (Å²) in [6.45, 7) is 15.2. The van der Waals surface area contributed by atoms with Gasteiger partial charge >= 0.3 is 0 Å². The zero-order chi connectivity index (χ0) is 24.2. The molecule has 184 valence electrons. The molecule has 0 saturated carbocycles. The number of hydrogen-bond donors (Lipinski definition) is 3. The summed E-state index contributed by atoms with van der Waals surface area (Å²) in [6.07, 6.45) is 20.9. The van der Waals surface area contributed by atoms with Gasteiger partial charge in [-0.3, -0.25) is 0 Å². The van der Waals surface area contributed by atoms with E-state index in [1.807, 2.05) is 7.05 Å². The summed E-state index contributed by atoms with van der Waals surface area (Å²) in [5.41, 5.74) is 5.42. The second kappa shape index (κ2) is 19.1. The van der Waals surface area contributed by atoms with Gasteiger partial charge in [0.15, 0.2) is 0 Å². The highest BCUT2D eigenvalue weighted by atomic mass is 14.9. The molecule has 1 aromatic carbocycles. The maximum atomic E-state index is 4.18. The maximum absolute atomic E-state index is 4.18. The van der Waals surface area contributed by atoms with E-state index in [0.29, 0.717) is 0 Å². The van der Waals surface area contributed by atoms with Crippen LogP contribution in [0.5, 0.6) is 0 Å². The molecule has 0 fully saturated rings. The lowest BCUT2D eigenvalue weighted by Gasteiger charge is -2.11. The first-order valence-corrected chi connectivity index (χ1v) is 13.0.